The third-order valence-corrected chi connectivity index (χ3v) is 4.62. The summed E-state index contributed by atoms with van der Waals surface area (Å²) in [5.41, 5.74) is 2.21. The maximum atomic E-state index is 12.7. The van der Waals surface area contributed by atoms with Gasteiger partial charge in [-0.05, 0) is 49.1 Å². The van der Waals surface area contributed by atoms with Crippen LogP contribution in [0, 0.1) is 0 Å². The molecule has 6 nitrogen and oxygen atoms in total. The van der Waals surface area contributed by atoms with Crippen molar-refractivity contribution in [2.24, 2.45) is 0 Å². The molecule has 1 N–H and O–H groups in total. The Kier molecular flexibility index (Phi) is 7.44. The Labute approximate surface area is 165 Å². The highest BCUT2D eigenvalue weighted by atomic mass is 16.5. The molecular weight excluding hydrogens is 358 g/mol. The van der Waals surface area contributed by atoms with Crippen LogP contribution in [0.1, 0.15) is 49.0 Å². The van der Waals surface area contributed by atoms with E-state index in [0.29, 0.717) is 23.0 Å². The van der Waals surface area contributed by atoms with E-state index < -0.39 is 12.1 Å². The molecule has 0 bridgehead atoms. The molecule has 0 fully saturated rings. The highest BCUT2D eigenvalue weighted by Gasteiger charge is 2.20. The van der Waals surface area contributed by atoms with Crippen LogP contribution >= 0.6 is 0 Å². The Bertz CT molecular complexity index is 833. The predicted octanol–water partition coefficient (Wildman–Crippen LogP) is 4.40. The molecule has 2 rings (SSSR count). The van der Waals surface area contributed by atoms with Gasteiger partial charge < -0.3 is 19.5 Å². The molecule has 0 aliphatic carbocycles. The third kappa shape index (κ3) is 5.03. The highest BCUT2D eigenvalue weighted by molar-refractivity contribution is 5.95. The zero-order valence-corrected chi connectivity index (χ0v) is 16.9. The molecule has 28 heavy (non-hydrogen) atoms. The van der Waals surface area contributed by atoms with Gasteiger partial charge in [-0.2, -0.15) is 0 Å². The number of carbonyl (C=O) groups is 2. The van der Waals surface area contributed by atoms with Gasteiger partial charge in [-0.1, -0.05) is 32.0 Å². The summed E-state index contributed by atoms with van der Waals surface area (Å²) in [5.74, 6) is 0.307. The van der Waals surface area contributed by atoms with Gasteiger partial charge in [-0.3, -0.25) is 4.79 Å². The molecule has 0 unspecified atom stereocenters. The van der Waals surface area contributed by atoms with Gasteiger partial charge in [0.2, 0.25) is 0 Å². The van der Waals surface area contributed by atoms with Crippen LogP contribution in [-0.4, -0.2) is 32.2 Å². The zero-order valence-electron chi connectivity index (χ0n) is 16.9. The van der Waals surface area contributed by atoms with Crippen molar-refractivity contribution in [3.8, 4) is 11.5 Å². The molecule has 0 saturated heterocycles. The Morgan fingerprint density at radius 2 is 1.75 bits per heavy atom. The second kappa shape index (κ2) is 9.78. The monoisotopic (exact) mass is 385 g/mol. The summed E-state index contributed by atoms with van der Waals surface area (Å²) < 4.78 is 15.8. The van der Waals surface area contributed by atoms with E-state index in [4.69, 9.17) is 14.2 Å². The number of amides is 1. The largest absolute Gasteiger partial charge is 0.493 e. The number of ether oxygens (including phenoxy) is 3. The van der Waals surface area contributed by atoms with Crippen molar-refractivity contribution >= 4 is 17.6 Å². The average molecular weight is 385 g/mol. The van der Waals surface area contributed by atoms with E-state index >= 15 is 0 Å². The van der Waals surface area contributed by atoms with Crippen molar-refractivity contribution in [2.45, 2.75) is 39.2 Å². The molecular formula is C22H27NO5. The number of nitrogens with one attached hydrogen (secondary N) is 1. The van der Waals surface area contributed by atoms with Crippen molar-refractivity contribution in [2.75, 3.05) is 19.5 Å². The van der Waals surface area contributed by atoms with E-state index in [1.165, 1.54) is 20.3 Å². The second-order valence-electron chi connectivity index (χ2n) is 6.50. The lowest BCUT2D eigenvalue weighted by atomic mass is 9.97. The maximum absolute atomic E-state index is 12.7. The first-order valence-corrected chi connectivity index (χ1v) is 9.24. The molecule has 0 aromatic heterocycles. The van der Waals surface area contributed by atoms with E-state index in [2.05, 4.69) is 19.2 Å². The van der Waals surface area contributed by atoms with Crippen molar-refractivity contribution in [3.63, 3.8) is 0 Å². The van der Waals surface area contributed by atoms with Gasteiger partial charge in [0.05, 0.1) is 19.8 Å². The second-order valence-corrected chi connectivity index (χ2v) is 6.50. The van der Waals surface area contributed by atoms with Crippen LogP contribution in [-0.2, 0) is 9.53 Å². The van der Waals surface area contributed by atoms with E-state index in [0.717, 1.165) is 17.7 Å². The molecule has 150 valence electrons. The maximum Gasteiger partial charge on any atom is 0.337 e. The third-order valence-electron chi connectivity index (χ3n) is 4.62. The van der Waals surface area contributed by atoms with Crippen LogP contribution in [0.4, 0.5) is 5.69 Å². The Morgan fingerprint density at radius 1 is 1.04 bits per heavy atom. The molecule has 1 amide bonds. The van der Waals surface area contributed by atoms with Crippen molar-refractivity contribution in [3.05, 3.63) is 53.6 Å². The molecule has 0 spiro atoms. The predicted molar refractivity (Wildman–Crippen MR) is 108 cm³/mol. The van der Waals surface area contributed by atoms with Gasteiger partial charge >= 0.3 is 5.97 Å². The van der Waals surface area contributed by atoms with Crippen LogP contribution in [0.15, 0.2) is 42.5 Å². The lowest BCUT2D eigenvalue weighted by Crippen LogP contribution is -2.30. The fraction of sp³-hybridized carbons (Fsp3) is 0.364. The quantitative estimate of drug-likeness (QED) is 0.682. The minimum Gasteiger partial charge on any atom is -0.493 e. The van der Waals surface area contributed by atoms with Crippen molar-refractivity contribution in [1.29, 1.82) is 0 Å². The van der Waals surface area contributed by atoms with Crippen molar-refractivity contribution in [1.82, 2.24) is 0 Å². The zero-order chi connectivity index (χ0) is 20.7. The number of methoxy groups -OCH3 is 2. The van der Waals surface area contributed by atoms with E-state index in [1.807, 2.05) is 24.3 Å². The topological polar surface area (TPSA) is 73.9 Å². The smallest absolute Gasteiger partial charge is 0.337 e. The van der Waals surface area contributed by atoms with Gasteiger partial charge in [-0.25, -0.2) is 4.79 Å². The number of rotatable bonds is 8. The Balaban J connectivity index is 2.14. The average Bonchev–Trinajstić information content (AvgIpc) is 2.73. The molecule has 0 heterocycles. The lowest BCUT2D eigenvalue weighted by Gasteiger charge is -2.19. The minimum atomic E-state index is -0.761. The molecule has 2 aromatic rings. The number of esters is 1. The molecule has 6 heteroatoms. The lowest BCUT2D eigenvalue weighted by molar-refractivity contribution is -0.122. The summed E-state index contributed by atoms with van der Waals surface area (Å²) in [6.07, 6.45) is 0.214. The van der Waals surface area contributed by atoms with Crippen molar-refractivity contribution < 1.29 is 23.8 Å². The molecule has 0 radical (unpaired) electrons. The van der Waals surface area contributed by atoms with Crippen LogP contribution < -0.4 is 14.8 Å². The van der Waals surface area contributed by atoms with E-state index in [1.54, 1.807) is 19.1 Å². The SMILES string of the molecule is CC[C@@H](C)c1ccccc1NC(=O)[C@@H](C)Oc1ccc(C(=O)OC)cc1OC. The number of anilines is 1. The van der Waals surface area contributed by atoms with E-state index in [9.17, 15) is 9.59 Å². The number of hydrogen-bond acceptors (Lipinski definition) is 5. The molecule has 0 aliphatic heterocycles. The van der Waals surface area contributed by atoms with Crippen LogP contribution in [0.25, 0.3) is 0 Å². The van der Waals surface area contributed by atoms with Gasteiger partial charge in [0.15, 0.2) is 17.6 Å². The Morgan fingerprint density at radius 3 is 2.39 bits per heavy atom. The number of para-hydroxylation sites is 1. The van der Waals surface area contributed by atoms with Crippen LogP contribution in [0.2, 0.25) is 0 Å². The fourth-order valence-corrected chi connectivity index (χ4v) is 2.75. The summed E-state index contributed by atoms with van der Waals surface area (Å²) in [4.78, 5) is 24.3. The van der Waals surface area contributed by atoms with Crippen LogP contribution in [0.5, 0.6) is 11.5 Å². The normalized spacial score (nSPS) is 12.6. The summed E-state index contributed by atoms with van der Waals surface area (Å²) in [5, 5.41) is 2.94. The van der Waals surface area contributed by atoms with Gasteiger partial charge in [-0.15, -0.1) is 0 Å². The molecule has 2 aromatic carbocycles. The first-order valence-electron chi connectivity index (χ1n) is 9.24. The standard InChI is InChI=1S/C22H27NO5/c1-6-14(2)17-9-7-8-10-18(17)23-21(24)15(3)28-19-12-11-16(22(25)27-5)13-20(19)26-4/h7-15H,6H2,1-5H3,(H,23,24)/t14-,15-/m1/s1. The summed E-state index contributed by atoms with van der Waals surface area (Å²) >= 11 is 0. The number of hydrogen-bond donors (Lipinski definition) is 1. The van der Waals surface area contributed by atoms with Crippen LogP contribution in [0.3, 0.4) is 0 Å². The fourth-order valence-electron chi connectivity index (χ4n) is 2.75. The highest BCUT2D eigenvalue weighted by Crippen LogP contribution is 2.30. The summed E-state index contributed by atoms with van der Waals surface area (Å²) in [6.45, 7) is 5.90. The van der Waals surface area contributed by atoms with E-state index in [-0.39, 0.29) is 5.91 Å². The Hall–Kier alpha value is -3.02. The molecule has 0 aliphatic rings. The summed E-state index contributed by atoms with van der Waals surface area (Å²) in [7, 11) is 2.78. The van der Waals surface area contributed by atoms with Gasteiger partial charge in [0.1, 0.15) is 0 Å². The first kappa shape index (κ1) is 21.3. The van der Waals surface area contributed by atoms with Gasteiger partial charge in [0, 0.05) is 5.69 Å². The number of benzene rings is 2. The number of carbonyl (C=O) groups excluding carboxylic acids is 2. The summed E-state index contributed by atoms with van der Waals surface area (Å²) in [6, 6.07) is 12.4. The van der Waals surface area contributed by atoms with Gasteiger partial charge in [0.25, 0.3) is 5.91 Å². The first-order chi connectivity index (χ1) is 13.4. The molecule has 2 atom stereocenters. The minimum absolute atomic E-state index is 0.269. The molecule has 0 saturated carbocycles.